The normalized spacial score (nSPS) is 12.1. The summed E-state index contributed by atoms with van der Waals surface area (Å²) in [4.78, 5) is 11.4. The first-order chi connectivity index (χ1) is 12.8. The van der Waals surface area contributed by atoms with Crippen LogP contribution in [0.4, 0.5) is 0 Å². The van der Waals surface area contributed by atoms with E-state index in [9.17, 15) is 13.2 Å². The number of esters is 1. The lowest BCUT2D eigenvalue weighted by Gasteiger charge is -2.07. The molecule has 0 atom stereocenters. The molecule has 1 N–H and O–H groups in total. The molecular formula is C21H40O5S. The number of unbranched alkanes of at least 4 members (excludes halogenated alkanes) is 11. The van der Waals surface area contributed by atoms with Gasteiger partial charge in [0.25, 0.3) is 10.1 Å². The van der Waals surface area contributed by atoms with Gasteiger partial charge in [0.2, 0.25) is 0 Å². The average molecular weight is 405 g/mol. The predicted octanol–water partition coefficient (Wildman–Crippen LogP) is 5.84. The van der Waals surface area contributed by atoms with Gasteiger partial charge in [0.1, 0.15) is 0 Å². The predicted molar refractivity (Wildman–Crippen MR) is 111 cm³/mol. The Bertz CT molecular complexity index is 483. The first-order valence-electron chi connectivity index (χ1n) is 10.6. The van der Waals surface area contributed by atoms with Gasteiger partial charge < -0.3 is 4.74 Å². The monoisotopic (exact) mass is 404 g/mol. The number of hydrogen-bond acceptors (Lipinski definition) is 4. The Morgan fingerprint density at radius 1 is 0.815 bits per heavy atom. The van der Waals surface area contributed by atoms with Crippen molar-refractivity contribution in [2.75, 3.05) is 5.75 Å². The molecule has 6 heteroatoms. The summed E-state index contributed by atoms with van der Waals surface area (Å²) in [7, 11) is -3.78. The third-order valence-corrected chi connectivity index (χ3v) is 5.11. The molecule has 0 aliphatic rings. The zero-order valence-corrected chi connectivity index (χ0v) is 18.1. The third kappa shape index (κ3) is 23.1. The fraction of sp³-hybridized carbons (Fsp3) is 0.857. The van der Waals surface area contributed by atoms with Crippen molar-refractivity contribution in [2.45, 2.75) is 110 Å². The van der Waals surface area contributed by atoms with E-state index < -0.39 is 10.1 Å². The summed E-state index contributed by atoms with van der Waals surface area (Å²) >= 11 is 0. The van der Waals surface area contributed by atoms with Gasteiger partial charge in [0.05, 0.1) is 11.9 Å². The number of hydrogen-bond donors (Lipinski definition) is 1. The van der Waals surface area contributed by atoms with Crippen molar-refractivity contribution in [1.82, 2.24) is 0 Å². The second-order valence-electron chi connectivity index (χ2n) is 7.51. The van der Waals surface area contributed by atoms with E-state index in [2.05, 4.69) is 12.2 Å². The fourth-order valence-corrected chi connectivity index (χ4v) is 3.44. The van der Waals surface area contributed by atoms with E-state index in [1.165, 1.54) is 32.1 Å². The molecule has 0 bridgehead atoms. The second-order valence-corrected chi connectivity index (χ2v) is 9.08. The van der Waals surface area contributed by atoms with E-state index in [4.69, 9.17) is 9.29 Å². The number of carbonyl (C=O) groups excluding carboxylic acids is 1. The Morgan fingerprint density at radius 2 is 1.26 bits per heavy atom. The van der Waals surface area contributed by atoms with Gasteiger partial charge in [-0.25, -0.2) is 0 Å². The Balaban J connectivity index is 3.24. The van der Waals surface area contributed by atoms with Gasteiger partial charge in [0.15, 0.2) is 0 Å². The highest BCUT2D eigenvalue weighted by atomic mass is 32.2. The molecule has 0 spiro atoms. The molecule has 0 aromatic heterocycles. The molecule has 0 heterocycles. The Morgan fingerprint density at radius 3 is 1.74 bits per heavy atom. The van der Waals surface area contributed by atoms with Crippen LogP contribution in [0.5, 0.6) is 0 Å². The number of ether oxygens (including phenoxy) is 1. The van der Waals surface area contributed by atoms with Crippen molar-refractivity contribution < 1.29 is 22.5 Å². The lowest BCUT2D eigenvalue weighted by molar-refractivity contribution is -0.147. The molecule has 27 heavy (non-hydrogen) atoms. The Kier molecular flexibility index (Phi) is 16.7. The van der Waals surface area contributed by atoms with Crippen molar-refractivity contribution >= 4 is 16.1 Å². The van der Waals surface area contributed by atoms with E-state index in [0.717, 1.165) is 44.9 Å². The molecule has 0 aromatic carbocycles. The molecule has 0 radical (unpaired) electrons. The van der Waals surface area contributed by atoms with Gasteiger partial charge >= 0.3 is 5.97 Å². The van der Waals surface area contributed by atoms with Crippen LogP contribution in [0, 0.1) is 0 Å². The summed E-state index contributed by atoms with van der Waals surface area (Å²) < 4.78 is 34.9. The van der Waals surface area contributed by atoms with Gasteiger partial charge in [-0.3, -0.25) is 9.35 Å². The highest BCUT2D eigenvalue weighted by molar-refractivity contribution is 7.85. The van der Waals surface area contributed by atoms with Crippen LogP contribution in [0.25, 0.3) is 0 Å². The summed E-state index contributed by atoms with van der Waals surface area (Å²) in [6.07, 6.45) is 18.9. The molecule has 0 aliphatic carbocycles. The Hall–Kier alpha value is -0.880. The molecule has 0 saturated carbocycles. The van der Waals surface area contributed by atoms with Gasteiger partial charge in [-0.2, -0.15) is 8.42 Å². The van der Waals surface area contributed by atoms with Crippen LogP contribution < -0.4 is 0 Å². The molecule has 160 valence electrons. The van der Waals surface area contributed by atoms with E-state index in [1.54, 1.807) is 0 Å². The molecular weight excluding hydrogens is 364 g/mol. The van der Waals surface area contributed by atoms with Crippen LogP contribution in [0.2, 0.25) is 0 Å². The lowest BCUT2D eigenvalue weighted by Crippen LogP contribution is -2.10. The molecule has 0 fully saturated rings. The molecule has 0 saturated heterocycles. The van der Waals surface area contributed by atoms with E-state index >= 15 is 0 Å². The molecule has 0 aliphatic heterocycles. The lowest BCUT2D eigenvalue weighted by atomic mass is 10.1. The van der Waals surface area contributed by atoms with Crippen LogP contribution in [0.15, 0.2) is 12.2 Å². The highest BCUT2D eigenvalue weighted by Crippen LogP contribution is 2.10. The van der Waals surface area contributed by atoms with Crippen molar-refractivity contribution in [3.05, 3.63) is 12.2 Å². The number of carbonyl (C=O) groups is 1. The maximum atomic E-state index is 11.4. The minimum Gasteiger partial charge on any atom is -0.463 e. The molecule has 5 nitrogen and oxygen atoms in total. The smallest absolute Gasteiger partial charge is 0.306 e. The SMILES string of the molecule is CC(C)OC(=O)CCCCCCC/C=C\CCCCCCCCS(=O)(=O)O. The van der Waals surface area contributed by atoms with Crippen LogP contribution in [0.1, 0.15) is 104 Å². The third-order valence-electron chi connectivity index (χ3n) is 4.31. The van der Waals surface area contributed by atoms with Crippen LogP contribution in [-0.4, -0.2) is 30.8 Å². The van der Waals surface area contributed by atoms with E-state index in [-0.39, 0.29) is 17.8 Å². The largest absolute Gasteiger partial charge is 0.463 e. The number of allylic oxidation sites excluding steroid dienone is 2. The van der Waals surface area contributed by atoms with Crippen LogP contribution in [-0.2, 0) is 19.6 Å². The maximum absolute atomic E-state index is 11.4. The zero-order valence-electron chi connectivity index (χ0n) is 17.3. The number of rotatable bonds is 18. The van der Waals surface area contributed by atoms with Crippen LogP contribution in [0.3, 0.4) is 0 Å². The first-order valence-corrected chi connectivity index (χ1v) is 12.2. The molecule has 0 aromatic rings. The summed E-state index contributed by atoms with van der Waals surface area (Å²) in [5, 5.41) is 0. The zero-order chi connectivity index (χ0) is 20.4. The Labute approximate surface area is 166 Å². The summed E-state index contributed by atoms with van der Waals surface area (Å²) in [6, 6.07) is 0. The minimum atomic E-state index is -3.78. The second kappa shape index (κ2) is 17.2. The van der Waals surface area contributed by atoms with Gasteiger partial charge in [-0.05, 0) is 52.4 Å². The van der Waals surface area contributed by atoms with Crippen molar-refractivity contribution in [1.29, 1.82) is 0 Å². The first kappa shape index (κ1) is 26.1. The van der Waals surface area contributed by atoms with E-state index in [0.29, 0.717) is 12.8 Å². The highest BCUT2D eigenvalue weighted by Gasteiger charge is 2.04. The van der Waals surface area contributed by atoms with Crippen molar-refractivity contribution in [2.24, 2.45) is 0 Å². The maximum Gasteiger partial charge on any atom is 0.306 e. The van der Waals surface area contributed by atoms with Gasteiger partial charge in [-0.1, -0.05) is 57.1 Å². The van der Waals surface area contributed by atoms with Crippen molar-refractivity contribution in [3.8, 4) is 0 Å². The average Bonchev–Trinajstić information content (AvgIpc) is 2.56. The fourth-order valence-electron chi connectivity index (χ4n) is 2.87. The van der Waals surface area contributed by atoms with Gasteiger partial charge in [-0.15, -0.1) is 0 Å². The van der Waals surface area contributed by atoms with Crippen LogP contribution >= 0.6 is 0 Å². The van der Waals surface area contributed by atoms with E-state index in [1.807, 2.05) is 13.8 Å². The summed E-state index contributed by atoms with van der Waals surface area (Å²) in [6.45, 7) is 3.76. The molecule has 0 rings (SSSR count). The minimum absolute atomic E-state index is 0.0118. The quantitative estimate of drug-likeness (QED) is 0.134. The summed E-state index contributed by atoms with van der Waals surface area (Å²) in [5.74, 6) is -0.188. The van der Waals surface area contributed by atoms with Crippen molar-refractivity contribution in [3.63, 3.8) is 0 Å². The molecule has 0 unspecified atom stereocenters. The standard InChI is InChI=1S/C21H40O5S/c1-20(2)26-21(22)18-16-14-12-10-8-6-4-3-5-7-9-11-13-15-17-19-27(23,24)25/h3-4,20H,5-19H2,1-2H3,(H,23,24,25)/b4-3-. The molecule has 0 amide bonds. The topological polar surface area (TPSA) is 80.7 Å². The summed E-state index contributed by atoms with van der Waals surface area (Å²) in [5.41, 5.74) is 0. The van der Waals surface area contributed by atoms with Gasteiger partial charge in [0, 0.05) is 6.42 Å².